The minimum absolute atomic E-state index is 0.282. The molecule has 106 valence electrons. The average Bonchev–Trinajstić information content (AvgIpc) is 2.37. The van der Waals surface area contributed by atoms with E-state index in [0.29, 0.717) is 12.6 Å². The fourth-order valence-electron chi connectivity index (χ4n) is 1.95. The monoisotopic (exact) mass is 265 g/mol. The molecule has 2 atom stereocenters. The summed E-state index contributed by atoms with van der Waals surface area (Å²) < 4.78 is 0. The first-order valence-electron chi connectivity index (χ1n) is 6.61. The third-order valence-electron chi connectivity index (χ3n) is 3.52. The van der Waals surface area contributed by atoms with Crippen molar-refractivity contribution in [2.75, 3.05) is 13.6 Å². The van der Waals surface area contributed by atoms with E-state index in [1.807, 2.05) is 19.2 Å². The van der Waals surface area contributed by atoms with Gasteiger partial charge in [-0.2, -0.15) is 0 Å². The Hall–Kier alpha value is -1.55. The Labute approximate surface area is 114 Å². The Bertz CT molecular complexity index is 402. The molecule has 0 spiro atoms. The van der Waals surface area contributed by atoms with Gasteiger partial charge in [0.15, 0.2) is 0 Å². The number of phenols is 1. The van der Waals surface area contributed by atoms with E-state index in [1.165, 1.54) is 5.56 Å². The highest BCUT2D eigenvalue weighted by Crippen LogP contribution is 2.14. The zero-order valence-electron chi connectivity index (χ0n) is 11.8. The van der Waals surface area contributed by atoms with Crippen LogP contribution in [0.1, 0.15) is 25.8 Å². The first-order chi connectivity index (χ1) is 8.90. The van der Waals surface area contributed by atoms with Crippen molar-refractivity contribution in [3.05, 3.63) is 29.8 Å². The smallest absolute Gasteiger partial charge is 0.307 e. The number of hydrogen-bond acceptors (Lipinski definition) is 3. The molecule has 4 heteroatoms. The number of rotatable bonds is 7. The number of benzene rings is 1. The summed E-state index contributed by atoms with van der Waals surface area (Å²) in [6, 6.07) is 7.55. The van der Waals surface area contributed by atoms with E-state index >= 15 is 0 Å². The molecule has 0 bridgehead atoms. The lowest BCUT2D eigenvalue weighted by Crippen LogP contribution is -2.35. The van der Waals surface area contributed by atoms with Crippen molar-refractivity contribution >= 4 is 5.97 Å². The molecule has 0 aromatic heterocycles. The van der Waals surface area contributed by atoms with Gasteiger partial charge < -0.3 is 15.1 Å². The van der Waals surface area contributed by atoms with Crippen LogP contribution in [0.5, 0.6) is 5.75 Å². The van der Waals surface area contributed by atoms with Crippen molar-refractivity contribution < 1.29 is 15.0 Å². The molecule has 0 saturated heterocycles. The predicted molar refractivity (Wildman–Crippen MR) is 75.3 cm³/mol. The topological polar surface area (TPSA) is 60.8 Å². The SMILES string of the molecule is CC(CN(C)C(C)CCc1ccc(O)cc1)C(=O)O. The van der Waals surface area contributed by atoms with Crippen LogP contribution < -0.4 is 0 Å². The minimum Gasteiger partial charge on any atom is -0.508 e. The molecule has 1 rings (SSSR count). The summed E-state index contributed by atoms with van der Waals surface area (Å²) in [6.45, 7) is 4.40. The van der Waals surface area contributed by atoms with Crippen LogP contribution in [0.3, 0.4) is 0 Å². The lowest BCUT2D eigenvalue weighted by atomic mass is 10.0. The maximum Gasteiger partial charge on any atom is 0.307 e. The molecule has 4 nitrogen and oxygen atoms in total. The van der Waals surface area contributed by atoms with Crippen LogP contribution in [-0.4, -0.2) is 40.7 Å². The zero-order valence-corrected chi connectivity index (χ0v) is 11.8. The standard InChI is InChI=1S/C15H23NO3/c1-11(15(18)19)10-16(3)12(2)4-5-13-6-8-14(17)9-7-13/h6-9,11-12,17H,4-5,10H2,1-3H3,(H,18,19). The van der Waals surface area contributed by atoms with Crippen molar-refractivity contribution in [1.82, 2.24) is 4.90 Å². The number of aliphatic carboxylic acids is 1. The van der Waals surface area contributed by atoms with Crippen molar-refractivity contribution in [2.45, 2.75) is 32.7 Å². The summed E-state index contributed by atoms with van der Waals surface area (Å²) in [5.74, 6) is -0.817. The number of aromatic hydroxyl groups is 1. The van der Waals surface area contributed by atoms with Gasteiger partial charge in [0.2, 0.25) is 0 Å². The third kappa shape index (κ3) is 5.30. The number of aryl methyl sites for hydroxylation is 1. The van der Waals surface area contributed by atoms with Crippen LogP contribution in [-0.2, 0) is 11.2 Å². The van der Waals surface area contributed by atoms with E-state index in [0.717, 1.165) is 12.8 Å². The van der Waals surface area contributed by atoms with Gasteiger partial charge in [0, 0.05) is 12.6 Å². The molecule has 0 aliphatic carbocycles. The van der Waals surface area contributed by atoms with Gasteiger partial charge >= 0.3 is 5.97 Å². The first-order valence-corrected chi connectivity index (χ1v) is 6.61. The van der Waals surface area contributed by atoms with Crippen LogP contribution in [0.15, 0.2) is 24.3 Å². The Morgan fingerprint density at radius 1 is 1.26 bits per heavy atom. The molecule has 0 aliphatic heterocycles. The highest BCUT2D eigenvalue weighted by atomic mass is 16.4. The van der Waals surface area contributed by atoms with Crippen LogP contribution in [0.25, 0.3) is 0 Å². The molecule has 0 radical (unpaired) electrons. The summed E-state index contributed by atoms with van der Waals surface area (Å²) in [6.07, 6.45) is 1.89. The molecular formula is C15H23NO3. The van der Waals surface area contributed by atoms with E-state index in [1.54, 1.807) is 19.1 Å². The van der Waals surface area contributed by atoms with E-state index in [9.17, 15) is 9.90 Å². The highest BCUT2D eigenvalue weighted by molar-refractivity contribution is 5.69. The Morgan fingerprint density at radius 3 is 2.37 bits per heavy atom. The van der Waals surface area contributed by atoms with Crippen molar-refractivity contribution in [1.29, 1.82) is 0 Å². The summed E-state index contributed by atoms with van der Waals surface area (Å²) in [4.78, 5) is 12.9. The van der Waals surface area contributed by atoms with Gasteiger partial charge in [0.05, 0.1) is 5.92 Å². The summed E-state index contributed by atoms with van der Waals surface area (Å²) in [5, 5.41) is 18.1. The lowest BCUT2D eigenvalue weighted by Gasteiger charge is -2.26. The molecule has 0 heterocycles. The van der Waals surface area contributed by atoms with Crippen molar-refractivity contribution in [3.8, 4) is 5.75 Å². The molecule has 1 aromatic carbocycles. The maximum absolute atomic E-state index is 10.8. The van der Waals surface area contributed by atoms with Crippen LogP contribution in [0.2, 0.25) is 0 Å². The van der Waals surface area contributed by atoms with Crippen LogP contribution in [0, 0.1) is 5.92 Å². The van der Waals surface area contributed by atoms with Gasteiger partial charge in [-0.15, -0.1) is 0 Å². The molecule has 2 N–H and O–H groups in total. The molecule has 0 fully saturated rings. The van der Waals surface area contributed by atoms with Crippen molar-refractivity contribution in [3.63, 3.8) is 0 Å². The maximum atomic E-state index is 10.8. The van der Waals surface area contributed by atoms with Crippen molar-refractivity contribution in [2.24, 2.45) is 5.92 Å². The number of carbonyl (C=O) groups is 1. The number of phenolic OH excluding ortho intramolecular Hbond substituents is 1. The summed E-state index contributed by atoms with van der Waals surface area (Å²) >= 11 is 0. The van der Waals surface area contributed by atoms with Gasteiger partial charge in [-0.05, 0) is 44.5 Å². The first kappa shape index (κ1) is 15.5. The quantitative estimate of drug-likeness (QED) is 0.794. The van der Waals surface area contributed by atoms with Gasteiger partial charge in [0.25, 0.3) is 0 Å². The normalized spacial score (nSPS) is 14.3. The molecule has 1 aromatic rings. The zero-order chi connectivity index (χ0) is 14.4. The minimum atomic E-state index is -0.752. The molecule has 0 aliphatic rings. The Kier molecular flexibility index (Phi) is 5.83. The largest absolute Gasteiger partial charge is 0.508 e. The van der Waals surface area contributed by atoms with E-state index < -0.39 is 5.97 Å². The lowest BCUT2D eigenvalue weighted by molar-refractivity contribution is -0.141. The fourth-order valence-corrected chi connectivity index (χ4v) is 1.95. The Balaban J connectivity index is 2.39. The van der Waals surface area contributed by atoms with E-state index in [2.05, 4.69) is 11.8 Å². The second-order valence-corrected chi connectivity index (χ2v) is 5.23. The molecule has 0 amide bonds. The molecule has 2 unspecified atom stereocenters. The summed E-state index contributed by atoms with van der Waals surface area (Å²) in [5.41, 5.74) is 1.18. The Morgan fingerprint density at radius 2 is 1.84 bits per heavy atom. The van der Waals surface area contributed by atoms with E-state index in [-0.39, 0.29) is 11.7 Å². The summed E-state index contributed by atoms with van der Waals surface area (Å²) in [7, 11) is 1.96. The van der Waals surface area contributed by atoms with Gasteiger partial charge in [-0.25, -0.2) is 0 Å². The number of carboxylic acid groups (broad SMARTS) is 1. The fraction of sp³-hybridized carbons (Fsp3) is 0.533. The highest BCUT2D eigenvalue weighted by Gasteiger charge is 2.17. The molecular weight excluding hydrogens is 242 g/mol. The number of carboxylic acids is 1. The molecule has 19 heavy (non-hydrogen) atoms. The second-order valence-electron chi connectivity index (χ2n) is 5.23. The van der Waals surface area contributed by atoms with Gasteiger partial charge in [-0.1, -0.05) is 19.1 Å². The second kappa shape index (κ2) is 7.14. The number of nitrogens with zero attached hydrogens (tertiary/aromatic N) is 1. The van der Waals surface area contributed by atoms with Gasteiger partial charge in [0.1, 0.15) is 5.75 Å². The molecule has 0 saturated carbocycles. The number of hydrogen-bond donors (Lipinski definition) is 2. The van der Waals surface area contributed by atoms with Crippen LogP contribution in [0.4, 0.5) is 0 Å². The average molecular weight is 265 g/mol. The predicted octanol–water partition coefficient (Wildman–Crippen LogP) is 2.37. The van der Waals surface area contributed by atoms with Crippen LogP contribution >= 0.6 is 0 Å². The van der Waals surface area contributed by atoms with E-state index in [4.69, 9.17) is 5.11 Å². The van der Waals surface area contributed by atoms with Gasteiger partial charge in [-0.3, -0.25) is 4.79 Å². The third-order valence-corrected chi connectivity index (χ3v) is 3.52.